The zero-order valence-corrected chi connectivity index (χ0v) is 13.6. The molecule has 1 aliphatic rings. The van der Waals surface area contributed by atoms with Crippen LogP contribution in [0.2, 0.25) is 0 Å². The normalized spacial score (nSPS) is 14.3. The van der Waals surface area contributed by atoms with Gasteiger partial charge in [-0.1, -0.05) is 12.1 Å². The van der Waals surface area contributed by atoms with Gasteiger partial charge in [0.2, 0.25) is 5.88 Å². The molecule has 1 aliphatic carbocycles. The molecule has 0 fully saturated rings. The van der Waals surface area contributed by atoms with E-state index in [1.165, 1.54) is 24.3 Å². The fourth-order valence-corrected chi connectivity index (χ4v) is 3.53. The van der Waals surface area contributed by atoms with Crippen LogP contribution in [0.25, 0.3) is 0 Å². The molecule has 0 saturated heterocycles. The lowest BCUT2D eigenvalue weighted by Crippen LogP contribution is -2.14. The van der Waals surface area contributed by atoms with E-state index in [9.17, 15) is 13.2 Å². The number of hydrogen-bond acceptors (Lipinski definition) is 5. The smallest absolute Gasteiger partial charge is 0.258 e. The summed E-state index contributed by atoms with van der Waals surface area (Å²) in [5, 5.41) is 6.71. The van der Waals surface area contributed by atoms with Crippen LogP contribution in [0.4, 0.5) is 5.88 Å². The van der Waals surface area contributed by atoms with Gasteiger partial charge in [0, 0.05) is 11.1 Å². The maximum atomic E-state index is 12.3. The van der Waals surface area contributed by atoms with Gasteiger partial charge in [-0.25, -0.2) is 8.42 Å². The largest absolute Gasteiger partial charge is 0.338 e. The number of rotatable bonds is 4. The zero-order chi connectivity index (χ0) is 16.4. The standard InChI is InChI=1S/C16H18N2O4S/c1-2-23(20,21)12-9-7-11(8-10-12)15(19)17-16-13-5-3-4-6-14(13)18-22-16/h7-10H,2-6H2,1H3,(H,17,19). The van der Waals surface area contributed by atoms with Gasteiger partial charge in [-0.15, -0.1) is 0 Å². The van der Waals surface area contributed by atoms with E-state index in [-0.39, 0.29) is 16.6 Å². The molecule has 0 atom stereocenters. The molecule has 6 nitrogen and oxygen atoms in total. The molecule has 122 valence electrons. The molecular weight excluding hydrogens is 316 g/mol. The summed E-state index contributed by atoms with van der Waals surface area (Å²) < 4.78 is 28.8. The number of carbonyl (C=O) groups excluding carboxylic acids is 1. The molecule has 0 bridgehead atoms. The van der Waals surface area contributed by atoms with Gasteiger partial charge in [0.15, 0.2) is 9.84 Å². The van der Waals surface area contributed by atoms with Crippen LogP contribution in [0.3, 0.4) is 0 Å². The van der Waals surface area contributed by atoms with Gasteiger partial charge < -0.3 is 4.52 Å². The summed E-state index contributed by atoms with van der Waals surface area (Å²) in [6, 6.07) is 5.90. The summed E-state index contributed by atoms with van der Waals surface area (Å²) in [7, 11) is -3.26. The number of nitrogens with zero attached hydrogens (tertiary/aromatic N) is 1. The van der Waals surface area contributed by atoms with Crippen molar-refractivity contribution in [2.24, 2.45) is 0 Å². The van der Waals surface area contributed by atoms with Gasteiger partial charge in [0.05, 0.1) is 16.3 Å². The first-order valence-corrected chi connectivity index (χ1v) is 9.28. The third kappa shape index (κ3) is 3.14. The zero-order valence-electron chi connectivity index (χ0n) is 12.8. The van der Waals surface area contributed by atoms with Gasteiger partial charge in [-0.05, 0) is 49.9 Å². The Balaban J connectivity index is 1.77. The number of nitrogens with one attached hydrogen (secondary N) is 1. The van der Waals surface area contributed by atoms with Gasteiger partial charge >= 0.3 is 0 Å². The predicted octanol–water partition coefficient (Wildman–Crippen LogP) is 2.60. The molecule has 0 saturated carbocycles. The average molecular weight is 334 g/mol. The molecule has 0 aliphatic heterocycles. The Morgan fingerprint density at radius 3 is 2.61 bits per heavy atom. The van der Waals surface area contributed by atoms with E-state index in [1.54, 1.807) is 6.92 Å². The minimum atomic E-state index is -3.26. The van der Waals surface area contributed by atoms with E-state index < -0.39 is 9.84 Å². The fraction of sp³-hybridized carbons (Fsp3) is 0.375. The quantitative estimate of drug-likeness (QED) is 0.928. The molecule has 1 aromatic carbocycles. The van der Waals surface area contributed by atoms with Crippen LogP contribution in [0.5, 0.6) is 0 Å². The number of anilines is 1. The lowest BCUT2D eigenvalue weighted by atomic mass is 9.97. The van der Waals surface area contributed by atoms with Gasteiger partial charge in [-0.2, -0.15) is 0 Å². The Bertz CT molecular complexity index is 822. The minimum absolute atomic E-state index is 0.0305. The highest BCUT2D eigenvalue weighted by Crippen LogP contribution is 2.27. The highest BCUT2D eigenvalue weighted by molar-refractivity contribution is 7.91. The topological polar surface area (TPSA) is 89.3 Å². The summed E-state index contributed by atoms with van der Waals surface area (Å²) in [4.78, 5) is 12.5. The Morgan fingerprint density at radius 1 is 1.22 bits per heavy atom. The maximum absolute atomic E-state index is 12.3. The van der Waals surface area contributed by atoms with Crippen LogP contribution in [0, 0.1) is 0 Å². The van der Waals surface area contributed by atoms with Crippen molar-refractivity contribution in [2.45, 2.75) is 37.5 Å². The lowest BCUT2D eigenvalue weighted by Gasteiger charge is -2.09. The van der Waals surface area contributed by atoms with Crippen LogP contribution in [-0.2, 0) is 22.7 Å². The molecule has 23 heavy (non-hydrogen) atoms. The van der Waals surface area contributed by atoms with Crippen molar-refractivity contribution in [2.75, 3.05) is 11.1 Å². The first-order chi connectivity index (χ1) is 11.0. The van der Waals surface area contributed by atoms with E-state index in [0.29, 0.717) is 11.4 Å². The van der Waals surface area contributed by atoms with Crippen LogP contribution in [-0.4, -0.2) is 25.2 Å². The molecule has 1 amide bonds. The van der Waals surface area contributed by atoms with Gasteiger partial charge in [-0.3, -0.25) is 10.1 Å². The predicted molar refractivity (Wildman–Crippen MR) is 85.3 cm³/mol. The number of aryl methyl sites for hydroxylation is 1. The summed E-state index contributed by atoms with van der Waals surface area (Å²) in [5.41, 5.74) is 2.26. The second kappa shape index (κ2) is 6.16. The van der Waals surface area contributed by atoms with Crippen molar-refractivity contribution in [3.63, 3.8) is 0 Å². The number of carbonyl (C=O) groups is 1. The van der Waals surface area contributed by atoms with E-state index in [4.69, 9.17) is 4.52 Å². The van der Waals surface area contributed by atoms with E-state index in [1.807, 2.05) is 0 Å². The van der Waals surface area contributed by atoms with Crippen LogP contribution >= 0.6 is 0 Å². The number of benzene rings is 1. The summed E-state index contributed by atoms with van der Waals surface area (Å²) >= 11 is 0. The fourth-order valence-electron chi connectivity index (χ4n) is 2.64. The molecular formula is C16H18N2O4S. The van der Waals surface area contributed by atoms with E-state index in [2.05, 4.69) is 10.5 Å². The van der Waals surface area contributed by atoms with Crippen molar-refractivity contribution in [3.05, 3.63) is 41.1 Å². The third-order valence-electron chi connectivity index (χ3n) is 4.04. The van der Waals surface area contributed by atoms with Crippen molar-refractivity contribution in [1.82, 2.24) is 5.16 Å². The monoisotopic (exact) mass is 334 g/mol. The second-order valence-corrected chi connectivity index (χ2v) is 7.80. The highest BCUT2D eigenvalue weighted by atomic mass is 32.2. The van der Waals surface area contributed by atoms with Gasteiger partial charge in [0.1, 0.15) is 0 Å². The molecule has 0 unspecified atom stereocenters. The Morgan fingerprint density at radius 2 is 1.91 bits per heavy atom. The van der Waals surface area contributed by atoms with E-state index >= 15 is 0 Å². The summed E-state index contributed by atoms with van der Waals surface area (Å²) in [6.45, 7) is 1.59. The van der Waals surface area contributed by atoms with Crippen molar-refractivity contribution >= 4 is 21.6 Å². The number of fused-ring (bicyclic) bond motifs is 1. The Labute approximate surface area is 134 Å². The molecule has 3 rings (SSSR count). The molecule has 7 heteroatoms. The molecule has 0 spiro atoms. The highest BCUT2D eigenvalue weighted by Gasteiger charge is 2.21. The second-order valence-electron chi connectivity index (χ2n) is 5.53. The van der Waals surface area contributed by atoms with Crippen molar-refractivity contribution in [1.29, 1.82) is 0 Å². The van der Waals surface area contributed by atoms with E-state index in [0.717, 1.165) is 36.9 Å². The molecule has 2 aromatic rings. The number of aromatic nitrogens is 1. The van der Waals surface area contributed by atoms with Crippen molar-refractivity contribution in [3.8, 4) is 0 Å². The number of sulfone groups is 1. The molecule has 1 heterocycles. The first-order valence-electron chi connectivity index (χ1n) is 7.63. The minimum Gasteiger partial charge on any atom is -0.338 e. The number of amides is 1. The molecule has 1 aromatic heterocycles. The third-order valence-corrected chi connectivity index (χ3v) is 5.79. The molecule has 1 N–H and O–H groups in total. The summed E-state index contributed by atoms with van der Waals surface area (Å²) in [5.74, 6) is 0.0906. The lowest BCUT2D eigenvalue weighted by molar-refractivity contribution is 0.102. The first kappa shape index (κ1) is 15.7. The SMILES string of the molecule is CCS(=O)(=O)c1ccc(C(=O)Nc2onc3c2CCCC3)cc1. The number of hydrogen-bond donors (Lipinski definition) is 1. The van der Waals surface area contributed by atoms with Crippen molar-refractivity contribution < 1.29 is 17.7 Å². The Kier molecular flexibility index (Phi) is 4.21. The molecule has 0 radical (unpaired) electrons. The van der Waals surface area contributed by atoms with Gasteiger partial charge in [0.25, 0.3) is 5.91 Å². The Hall–Kier alpha value is -2.15. The van der Waals surface area contributed by atoms with Crippen LogP contribution in [0.1, 0.15) is 41.4 Å². The van der Waals surface area contributed by atoms with Crippen LogP contribution in [0.15, 0.2) is 33.7 Å². The average Bonchev–Trinajstić information content (AvgIpc) is 2.98. The van der Waals surface area contributed by atoms with Crippen LogP contribution < -0.4 is 5.32 Å². The summed E-state index contributed by atoms with van der Waals surface area (Å²) in [6.07, 6.45) is 3.86. The maximum Gasteiger partial charge on any atom is 0.258 e.